The number of likely N-dealkylation sites (tertiary alicyclic amines) is 1. The number of piperidine rings is 1. The fourth-order valence-electron chi connectivity index (χ4n) is 4.21. The van der Waals surface area contributed by atoms with E-state index in [2.05, 4.69) is 15.2 Å². The Morgan fingerprint density at radius 3 is 2.62 bits per heavy atom. The molecule has 4 rings (SSSR count). The number of morpholine rings is 1. The van der Waals surface area contributed by atoms with Crippen LogP contribution in [0.25, 0.3) is 0 Å². The Bertz CT molecular complexity index is 783. The molecule has 8 heteroatoms. The number of aromatic amines is 1. The maximum Gasteiger partial charge on any atom is 0.260 e. The van der Waals surface area contributed by atoms with Crippen LogP contribution in [0.3, 0.4) is 0 Å². The van der Waals surface area contributed by atoms with Gasteiger partial charge >= 0.3 is 0 Å². The molecule has 2 amide bonds. The predicted molar refractivity (Wildman–Crippen MR) is 108 cm³/mol. The van der Waals surface area contributed by atoms with E-state index in [0.29, 0.717) is 12.5 Å². The maximum atomic E-state index is 12.3. The van der Waals surface area contributed by atoms with Crippen molar-refractivity contribution >= 4 is 11.8 Å². The second-order valence-corrected chi connectivity index (χ2v) is 8.54. The summed E-state index contributed by atoms with van der Waals surface area (Å²) in [5, 5.41) is 2.75. The molecule has 0 bridgehead atoms. The van der Waals surface area contributed by atoms with Crippen molar-refractivity contribution in [3.05, 3.63) is 34.2 Å². The fourth-order valence-corrected chi connectivity index (χ4v) is 4.21. The van der Waals surface area contributed by atoms with Gasteiger partial charge in [0.05, 0.1) is 6.10 Å². The van der Waals surface area contributed by atoms with Crippen molar-refractivity contribution in [2.75, 3.05) is 45.9 Å². The SMILES string of the molecule is O=C(NC[C@@H]1CN(CC2CCN(CC3CC3)CC2)C(=O)CO1)c1ccc[nH]c1=O. The maximum absolute atomic E-state index is 12.3. The molecule has 1 atom stereocenters. The molecule has 3 fully saturated rings. The third-order valence-corrected chi connectivity index (χ3v) is 6.17. The van der Waals surface area contributed by atoms with Gasteiger partial charge in [-0.25, -0.2) is 0 Å². The summed E-state index contributed by atoms with van der Waals surface area (Å²) < 4.78 is 5.59. The lowest BCUT2D eigenvalue weighted by atomic mass is 9.95. The van der Waals surface area contributed by atoms with Crippen LogP contribution in [-0.2, 0) is 9.53 Å². The molecule has 0 spiro atoms. The lowest BCUT2D eigenvalue weighted by molar-refractivity contribution is -0.149. The molecule has 1 aromatic rings. The Hall–Kier alpha value is -2.19. The number of pyridine rings is 1. The van der Waals surface area contributed by atoms with Gasteiger partial charge in [-0.05, 0) is 62.7 Å². The topological polar surface area (TPSA) is 94.7 Å². The summed E-state index contributed by atoms with van der Waals surface area (Å²) in [5.41, 5.74) is -0.339. The van der Waals surface area contributed by atoms with Gasteiger partial charge in [0.15, 0.2) is 0 Å². The van der Waals surface area contributed by atoms with Crippen LogP contribution in [0.15, 0.2) is 23.1 Å². The zero-order chi connectivity index (χ0) is 20.2. The van der Waals surface area contributed by atoms with Crippen molar-refractivity contribution in [3.63, 3.8) is 0 Å². The van der Waals surface area contributed by atoms with Gasteiger partial charge in [-0.1, -0.05) is 0 Å². The highest BCUT2D eigenvalue weighted by atomic mass is 16.5. The molecule has 2 N–H and O–H groups in total. The Morgan fingerprint density at radius 1 is 1.14 bits per heavy atom. The van der Waals surface area contributed by atoms with Crippen LogP contribution >= 0.6 is 0 Å². The summed E-state index contributed by atoms with van der Waals surface area (Å²) in [4.78, 5) is 43.2. The van der Waals surface area contributed by atoms with Crippen molar-refractivity contribution in [2.45, 2.75) is 31.8 Å². The van der Waals surface area contributed by atoms with E-state index in [4.69, 9.17) is 4.74 Å². The number of hydrogen-bond acceptors (Lipinski definition) is 5. The summed E-state index contributed by atoms with van der Waals surface area (Å²) in [6.45, 7) is 5.07. The first kappa shape index (κ1) is 20.1. The molecular formula is C21H30N4O4. The van der Waals surface area contributed by atoms with Crippen molar-refractivity contribution < 1.29 is 14.3 Å². The number of hydrogen-bond donors (Lipinski definition) is 2. The first-order valence-electron chi connectivity index (χ1n) is 10.7. The summed E-state index contributed by atoms with van der Waals surface area (Å²) in [7, 11) is 0. The molecule has 0 unspecified atom stereocenters. The number of carbonyl (C=O) groups excluding carboxylic acids is 2. The molecule has 3 heterocycles. The molecule has 2 aliphatic heterocycles. The lowest BCUT2D eigenvalue weighted by Gasteiger charge is -2.38. The smallest absolute Gasteiger partial charge is 0.260 e. The van der Waals surface area contributed by atoms with Crippen LogP contribution in [-0.4, -0.2) is 78.6 Å². The van der Waals surface area contributed by atoms with Crippen molar-refractivity contribution in [2.24, 2.45) is 11.8 Å². The molecule has 8 nitrogen and oxygen atoms in total. The lowest BCUT2D eigenvalue weighted by Crippen LogP contribution is -2.52. The van der Waals surface area contributed by atoms with Gasteiger partial charge in [0.2, 0.25) is 5.91 Å². The first-order valence-corrected chi connectivity index (χ1v) is 10.7. The molecule has 1 aromatic heterocycles. The van der Waals surface area contributed by atoms with Gasteiger partial charge < -0.3 is 24.8 Å². The fraction of sp³-hybridized carbons (Fsp3) is 0.667. The average Bonchev–Trinajstić information content (AvgIpc) is 3.54. The van der Waals surface area contributed by atoms with E-state index in [0.717, 1.165) is 38.4 Å². The van der Waals surface area contributed by atoms with Crippen LogP contribution in [0.4, 0.5) is 0 Å². The molecule has 158 valence electrons. The quantitative estimate of drug-likeness (QED) is 0.691. The minimum absolute atomic E-state index is 0.0208. The van der Waals surface area contributed by atoms with Crippen molar-refractivity contribution in [3.8, 4) is 0 Å². The zero-order valence-corrected chi connectivity index (χ0v) is 16.8. The second kappa shape index (κ2) is 9.09. The van der Waals surface area contributed by atoms with Crippen LogP contribution < -0.4 is 10.9 Å². The molecule has 3 aliphatic rings. The average molecular weight is 402 g/mol. The standard InChI is InChI=1S/C21H30N4O4/c26-19-14-29-17(10-23-21(28)18-2-1-7-22-20(18)27)13-25(19)12-16-5-8-24(9-6-16)11-15-3-4-15/h1-2,7,15-17H,3-6,8-14H2,(H,22,27)(H,23,28)/t17-/m1/s1. The van der Waals surface area contributed by atoms with E-state index >= 15 is 0 Å². The number of rotatable bonds is 7. The number of nitrogens with one attached hydrogen (secondary N) is 2. The number of amides is 2. The molecular weight excluding hydrogens is 372 g/mol. The van der Waals surface area contributed by atoms with E-state index in [1.54, 1.807) is 6.07 Å². The van der Waals surface area contributed by atoms with E-state index in [1.807, 2.05) is 4.90 Å². The predicted octanol–water partition coefficient (Wildman–Crippen LogP) is 0.454. The second-order valence-electron chi connectivity index (χ2n) is 8.54. The Kier molecular flexibility index (Phi) is 6.30. The van der Waals surface area contributed by atoms with Crippen LogP contribution in [0.5, 0.6) is 0 Å². The molecule has 1 aliphatic carbocycles. The van der Waals surface area contributed by atoms with Gasteiger partial charge in [-0.3, -0.25) is 14.4 Å². The highest BCUT2D eigenvalue weighted by molar-refractivity contribution is 5.93. The summed E-state index contributed by atoms with van der Waals surface area (Å²) >= 11 is 0. The Labute approximate surface area is 170 Å². The van der Waals surface area contributed by atoms with Crippen LogP contribution in [0.2, 0.25) is 0 Å². The Balaban J connectivity index is 1.23. The van der Waals surface area contributed by atoms with E-state index in [1.165, 1.54) is 31.6 Å². The van der Waals surface area contributed by atoms with E-state index < -0.39 is 11.5 Å². The Morgan fingerprint density at radius 2 is 1.90 bits per heavy atom. The van der Waals surface area contributed by atoms with Gasteiger partial charge in [-0.2, -0.15) is 0 Å². The third kappa shape index (κ3) is 5.45. The summed E-state index contributed by atoms with van der Waals surface area (Å²) in [6, 6.07) is 3.10. The monoisotopic (exact) mass is 402 g/mol. The largest absolute Gasteiger partial charge is 0.365 e. The van der Waals surface area contributed by atoms with E-state index in [-0.39, 0.29) is 30.7 Å². The first-order chi connectivity index (χ1) is 14.1. The highest BCUT2D eigenvalue weighted by Crippen LogP contribution is 2.31. The summed E-state index contributed by atoms with van der Waals surface area (Å²) in [5.74, 6) is 1.05. The molecule has 0 aromatic carbocycles. The molecule has 2 saturated heterocycles. The van der Waals surface area contributed by atoms with Gasteiger partial charge in [0.1, 0.15) is 12.2 Å². The van der Waals surface area contributed by atoms with Crippen molar-refractivity contribution in [1.82, 2.24) is 20.1 Å². The number of nitrogens with zero attached hydrogens (tertiary/aromatic N) is 2. The molecule has 29 heavy (non-hydrogen) atoms. The third-order valence-electron chi connectivity index (χ3n) is 6.17. The summed E-state index contributed by atoms with van der Waals surface area (Å²) in [6.07, 6.45) is 6.28. The number of ether oxygens (including phenoxy) is 1. The molecule has 1 saturated carbocycles. The minimum Gasteiger partial charge on any atom is -0.365 e. The van der Waals surface area contributed by atoms with Gasteiger partial charge in [-0.15, -0.1) is 0 Å². The van der Waals surface area contributed by atoms with Crippen molar-refractivity contribution in [1.29, 1.82) is 0 Å². The van der Waals surface area contributed by atoms with Crippen LogP contribution in [0.1, 0.15) is 36.0 Å². The van der Waals surface area contributed by atoms with Gasteiger partial charge in [0, 0.05) is 32.4 Å². The number of H-pyrrole nitrogens is 1. The van der Waals surface area contributed by atoms with E-state index in [9.17, 15) is 14.4 Å². The molecule has 0 radical (unpaired) electrons. The minimum atomic E-state index is -0.429. The van der Waals surface area contributed by atoms with Crippen LogP contribution in [0, 0.1) is 11.8 Å². The highest BCUT2D eigenvalue weighted by Gasteiger charge is 2.31. The zero-order valence-electron chi connectivity index (χ0n) is 16.8. The normalized spacial score (nSPS) is 23.9. The number of aromatic nitrogens is 1. The van der Waals surface area contributed by atoms with Gasteiger partial charge in [0.25, 0.3) is 11.5 Å². The number of carbonyl (C=O) groups is 2.